The van der Waals surface area contributed by atoms with Crippen molar-refractivity contribution in [3.8, 4) is 0 Å². The molecule has 59 valence electrons. The van der Waals surface area contributed by atoms with Gasteiger partial charge in [-0.25, -0.2) is 0 Å². The molecular formula is C7H12BrO2. The molecule has 1 aliphatic rings. The van der Waals surface area contributed by atoms with Gasteiger partial charge >= 0.3 is 0 Å². The van der Waals surface area contributed by atoms with Crippen LogP contribution in [0.15, 0.2) is 0 Å². The van der Waals surface area contributed by atoms with Gasteiger partial charge in [0, 0.05) is 4.83 Å². The molecule has 1 saturated heterocycles. The van der Waals surface area contributed by atoms with Gasteiger partial charge in [0.2, 0.25) is 0 Å². The lowest BCUT2D eigenvalue weighted by molar-refractivity contribution is 0.0448. The van der Waals surface area contributed by atoms with E-state index in [4.69, 9.17) is 9.47 Å². The Morgan fingerprint density at radius 2 is 2.50 bits per heavy atom. The molecule has 2 atom stereocenters. The first-order valence-corrected chi connectivity index (χ1v) is 4.37. The van der Waals surface area contributed by atoms with Crippen molar-refractivity contribution in [2.24, 2.45) is 0 Å². The molecule has 0 saturated carbocycles. The van der Waals surface area contributed by atoms with Crippen LogP contribution in [0.5, 0.6) is 0 Å². The smallest absolute Gasteiger partial charge is 0.147 e. The monoisotopic (exact) mass is 207 g/mol. The Labute approximate surface area is 70.0 Å². The summed E-state index contributed by atoms with van der Waals surface area (Å²) < 4.78 is 10.3. The van der Waals surface area contributed by atoms with E-state index < -0.39 is 0 Å². The van der Waals surface area contributed by atoms with Crippen LogP contribution in [0.1, 0.15) is 12.8 Å². The van der Waals surface area contributed by atoms with Gasteiger partial charge in [0.05, 0.1) is 12.7 Å². The Kier molecular flexibility index (Phi) is 3.66. The summed E-state index contributed by atoms with van der Waals surface area (Å²) in [6.45, 7) is 4.98. The fourth-order valence-electron chi connectivity index (χ4n) is 0.911. The van der Waals surface area contributed by atoms with E-state index in [1.807, 2.05) is 0 Å². The first-order valence-electron chi connectivity index (χ1n) is 3.45. The van der Waals surface area contributed by atoms with E-state index in [1.54, 1.807) is 0 Å². The highest BCUT2D eigenvalue weighted by atomic mass is 79.9. The van der Waals surface area contributed by atoms with Crippen molar-refractivity contribution in [3.05, 3.63) is 6.92 Å². The van der Waals surface area contributed by atoms with Gasteiger partial charge in [0.15, 0.2) is 0 Å². The van der Waals surface area contributed by atoms with E-state index in [0.717, 1.165) is 19.4 Å². The van der Waals surface area contributed by atoms with Crippen LogP contribution in [0.25, 0.3) is 0 Å². The van der Waals surface area contributed by atoms with Gasteiger partial charge in [-0.1, -0.05) is 22.9 Å². The second-order valence-corrected chi connectivity index (χ2v) is 3.69. The molecule has 1 rings (SSSR count). The van der Waals surface area contributed by atoms with E-state index in [-0.39, 0.29) is 6.10 Å². The Morgan fingerprint density at radius 3 is 3.00 bits per heavy atom. The fraction of sp³-hybridized carbons (Fsp3) is 0.857. The lowest BCUT2D eigenvalue weighted by atomic mass is 10.2. The minimum Gasteiger partial charge on any atom is -0.353 e. The second kappa shape index (κ2) is 4.31. The summed E-state index contributed by atoms with van der Waals surface area (Å²) in [5, 5.41) is 0. The zero-order valence-corrected chi connectivity index (χ0v) is 7.47. The first kappa shape index (κ1) is 8.50. The van der Waals surface area contributed by atoms with E-state index in [0.29, 0.717) is 11.6 Å². The van der Waals surface area contributed by atoms with Crippen molar-refractivity contribution in [2.45, 2.75) is 23.8 Å². The predicted molar refractivity (Wildman–Crippen MR) is 43.0 cm³/mol. The number of alkyl halides is 1. The molecule has 0 bridgehead atoms. The van der Waals surface area contributed by atoms with Crippen LogP contribution in [0.2, 0.25) is 0 Å². The topological polar surface area (TPSA) is 18.5 Å². The SMILES string of the molecule is [CH2]CC(Br)CC1COCO1. The van der Waals surface area contributed by atoms with Gasteiger partial charge in [-0.3, -0.25) is 0 Å². The average molecular weight is 208 g/mol. The largest absolute Gasteiger partial charge is 0.353 e. The molecule has 10 heavy (non-hydrogen) atoms. The summed E-state index contributed by atoms with van der Waals surface area (Å²) in [6, 6.07) is 0. The van der Waals surface area contributed by atoms with Crippen molar-refractivity contribution in [2.75, 3.05) is 13.4 Å². The molecule has 3 heteroatoms. The molecule has 0 amide bonds. The minimum absolute atomic E-state index is 0.283. The van der Waals surface area contributed by atoms with Crippen LogP contribution >= 0.6 is 15.9 Å². The van der Waals surface area contributed by atoms with E-state index in [9.17, 15) is 0 Å². The molecular weight excluding hydrogens is 196 g/mol. The Morgan fingerprint density at radius 1 is 1.70 bits per heavy atom. The van der Waals surface area contributed by atoms with Crippen LogP contribution in [0.4, 0.5) is 0 Å². The van der Waals surface area contributed by atoms with Crippen LogP contribution in [-0.2, 0) is 9.47 Å². The fourth-order valence-corrected chi connectivity index (χ4v) is 1.33. The average Bonchev–Trinajstić information content (AvgIpc) is 2.40. The Balaban J connectivity index is 2.11. The zero-order valence-electron chi connectivity index (χ0n) is 5.88. The van der Waals surface area contributed by atoms with Crippen molar-refractivity contribution in [1.29, 1.82) is 0 Å². The van der Waals surface area contributed by atoms with Crippen molar-refractivity contribution in [1.82, 2.24) is 0 Å². The molecule has 1 aliphatic heterocycles. The maximum Gasteiger partial charge on any atom is 0.147 e. The lowest BCUT2D eigenvalue weighted by Crippen LogP contribution is -2.14. The molecule has 0 aromatic rings. The van der Waals surface area contributed by atoms with Gasteiger partial charge in [-0.05, 0) is 12.8 Å². The van der Waals surface area contributed by atoms with Gasteiger partial charge in [-0.2, -0.15) is 0 Å². The zero-order chi connectivity index (χ0) is 7.40. The molecule has 1 radical (unpaired) electrons. The Hall–Kier alpha value is 0.400. The lowest BCUT2D eigenvalue weighted by Gasteiger charge is -2.10. The maximum absolute atomic E-state index is 5.25. The van der Waals surface area contributed by atoms with Crippen LogP contribution in [-0.4, -0.2) is 24.3 Å². The van der Waals surface area contributed by atoms with Crippen LogP contribution in [0.3, 0.4) is 0 Å². The number of ether oxygens (including phenoxy) is 2. The van der Waals surface area contributed by atoms with Crippen molar-refractivity contribution < 1.29 is 9.47 Å². The van der Waals surface area contributed by atoms with E-state index in [1.165, 1.54) is 0 Å². The summed E-state index contributed by atoms with van der Waals surface area (Å²) >= 11 is 3.49. The molecule has 0 aromatic heterocycles. The van der Waals surface area contributed by atoms with Crippen LogP contribution < -0.4 is 0 Å². The number of halogens is 1. The van der Waals surface area contributed by atoms with Gasteiger partial charge < -0.3 is 9.47 Å². The molecule has 1 fully saturated rings. The standard InChI is InChI=1S/C7H12BrO2/c1-2-6(8)3-7-4-9-5-10-7/h6-7H,1-5H2. The third-order valence-electron chi connectivity index (χ3n) is 1.52. The highest BCUT2D eigenvalue weighted by Gasteiger charge is 2.18. The third kappa shape index (κ3) is 2.56. The number of hydrogen-bond donors (Lipinski definition) is 0. The molecule has 0 spiro atoms. The van der Waals surface area contributed by atoms with E-state index >= 15 is 0 Å². The molecule has 0 N–H and O–H groups in total. The Bertz CT molecular complexity index is 91.6. The summed E-state index contributed by atoms with van der Waals surface area (Å²) in [7, 11) is 0. The number of hydrogen-bond acceptors (Lipinski definition) is 2. The summed E-state index contributed by atoms with van der Waals surface area (Å²) in [4.78, 5) is 0.471. The van der Waals surface area contributed by atoms with Gasteiger partial charge in [0.25, 0.3) is 0 Å². The van der Waals surface area contributed by atoms with Crippen molar-refractivity contribution >= 4 is 15.9 Å². The van der Waals surface area contributed by atoms with Gasteiger partial charge in [-0.15, -0.1) is 0 Å². The summed E-state index contributed by atoms with van der Waals surface area (Å²) in [5.41, 5.74) is 0. The number of rotatable bonds is 3. The predicted octanol–water partition coefficient (Wildman–Crippen LogP) is 1.74. The quantitative estimate of drug-likeness (QED) is 0.657. The molecule has 2 nitrogen and oxygen atoms in total. The molecule has 2 unspecified atom stereocenters. The third-order valence-corrected chi connectivity index (χ3v) is 2.35. The first-order chi connectivity index (χ1) is 4.83. The molecule has 0 aromatic carbocycles. The van der Waals surface area contributed by atoms with E-state index in [2.05, 4.69) is 22.9 Å². The second-order valence-electron chi connectivity index (χ2n) is 2.40. The normalized spacial score (nSPS) is 28.8. The molecule has 0 aliphatic carbocycles. The van der Waals surface area contributed by atoms with Crippen molar-refractivity contribution in [3.63, 3.8) is 0 Å². The molecule has 1 heterocycles. The highest BCUT2D eigenvalue weighted by Crippen LogP contribution is 2.16. The minimum atomic E-state index is 0.283. The summed E-state index contributed by atoms with van der Waals surface area (Å²) in [5.74, 6) is 0. The maximum atomic E-state index is 5.25. The van der Waals surface area contributed by atoms with Gasteiger partial charge in [0.1, 0.15) is 6.79 Å². The summed E-state index contributed by atoms with van der Waals surface area (Å²) in [6.07, 6.45) is 2.19. The highest BCUT2D eigenvalue weighted by molar-refractivity contribution is 9.09. The van der Waals surface area contributed by atoms with Crippen LogP contribution in [0, 0.1) is 6.92 Å².